The second-order valence-corrected chi connectivity index (χ2v) is 15.0. The van der Waals surface area contributed by atoms with E-state index in [9.17, 15) is 26.3 Å². The summed E-state index contributed by atoms with van der Waals surface area (Å²) >= 11 is 1.52. The van der Waals surface area contributed by atoms with Crippen LogP contribution in [0.3, 0.4) is 0 Å². The molecule has 7 aromatic carbocycles. The lowest BCUT2D eigenvalue weighted by atomic mass is 9.72. The van der Waals surface area contributed by atoms with Crippen LogP contribution in [0.4, 0.5) is 43.7 Å². The predicted molar refractivity (Wildman–Crippen MR) is 200 cm³/mol. The summed E-state index contributed by atoms with van der Waals surface area (Å²) in [7, 11) is 0. The molecule has 11 heteroatoms. The number of benzene rings is 7. The third kappa shape index (κ3) is 4.66. The number of hydrogen-bond acceptors (Lipinski definition) is 5. The van der Waals surface area contributed by atoms with Gasteiger partial charge in [-0.05, 0) is 90.6 Å². The third-order valence-corrected chi connectivity index (χ3v) is 11.6. The van der Waals surface area contributed by atoms with E-state index in [4.69, 9.17) is 0 Å². The Morgan fingerprint density at radius 3 is 1.53 bits per heavy atom. The van der Waals surface area contributed by atoms with Crippen molar-refractivity contribution in [1.82, 2.24) is 15.0 Å². The highest BCUT2D eigenvalue weighted by atomic mass is 32.1. The molecule has 0 radical (unpaired) electrons. The molecule has 9 aromatic rings. The molecule has 0 aliphatic carbocycles. The first-order valence-corrected chi connectivity index (χ1v) is 17.6. The van der Waals surface area contributed by atoms with Crippen molar-refractivity contribution in [2.24, 2.45) is 0 Å². The number of anilines is 3. The van der Waals surface area contributed by atoms with Gasteiger partial charge < -0.3 is 0 Å². The summed E-state index contributed by atoms with van der Waals surface area (Å²) < 4.78 is 86.6. The van der Waals surface area contributed by atoms with Crippen LogP contribution >= 0.6 is 11.3 Å². The molecule has 0 bridgehead atoms. The highest BCUT2D eigenvalue weighted by Gasteiger charge is 2.44. The van der Waals surface area contributed by atoms with Gasteiger partial charge in [0.15, 0.2) is 0 Å². The Morgan fingerprint density at radius 1 is 0.491 bits per heavy atom. The summed E-state index contributed by atoms with van der Waals surface area (Å²) in [6.07, 6.45) is -10.5. The van der Waals surface area contributed by atoms with Gasteiger partial charge >= 0.3 is 12.4 Å². The van der Waals surface area contributed by atoms with Gasteiger partial charge in [0.1, 0.15) is 0 Å². The Hall–Kier alpha value is -5.81. The minimum absolute atomic E-state index is 0.387. The molecule has 1 aliphatic heterocycles. The second-order valence-electron chi connectivity index (χ2n) is 13.9. The summed E-state index contributed by atoms with van der Waals surface area (Å²) in [5, 5.41) is 10.3. The van der Waals surface area contributed by atoms with Crippen molar-refractivity contribution in [2.75, 3.05) is 4.90 Å². The van der Waals surface area contributed by atoms with Crippen molar-refractivity contribution in [3.05, 3.63) is 132 Å². The number of alkyl halides is 6. The van der Waals surface area contributed by atoms with Crippen molar-refractivity contribution in [3.63, 3.8) is 0 Å². The predicted octanol–water partition coefficient (Wildman–Crippen LogP) is 13.0. The van der Waals surface area contributed by atoms with Crippen molar-refractivity contribution < 1.29 is 26.3 Å². The summed E-state index contributed by atoms with van der Waals surface area (Å²) in [6.45, 7) is 4.03. The zero-order valence-corrected chi connectivity index (χ0v) is 28.7. The molecule has 10 rings (SSSR count). The van der Waals surface area contributed by atoms with Crippen LogP contribution in [-0.2, 0) is 17.8 Å². The summed E-state index contributed by atoms with van der Waals surface area (Å²) in [6, 6.07) is 36.0. The number of fused-ring (bicyclic) bond motifs is 12. The van der Waals surface area contributed by atoms with Gasteiger partial charge in [-0.3, -0.25) is 4.90 Å². The molecule has 0 amide bonds. The van der Waals surface area contributed by atoms with Gasteiger partial charge in [-0.1, -0.05) is 86.6 Å². The van der Waals surface area contributed by atoms with E-state index in [1.54, 1.807) is 6.07 Å². The second kappa shape index (κ2) is 10.6. The van der Waals surface area contributed by atoms with Crippen LogP contribution in [0.5, 0.6) is 0 Å². The zero-order chi connectivity index (χ0) is 36.6. The molecular weight excluding hydrogens is 707 g/mol. The molecule has 3 heterocycles. The topological polar surface area (TPSA) is 41.9 Å². The summed E-state index contributed by atoms with van der Waals surface area (Å²) in [5.74, 6) is -4.60. The molecule has 260 valence electrons. The van der Waals surface area contributed by atoms with Gasteiger partial charge in [-0.15, -0.1) is 11.3 Å². The monoisotopic (exact) mass is 730 g/mol. The van der Waals surface area contributed by atoms with Crippen molar-refractivity contribution in [3.8, 4) is 0 Å². The van der Waals surface area contributed by atoms with E-state index in [2.05, 4.69) is 51.4 Å². The standard InChI is InChI=1S/C42H24F6N4S/c1-40(2)31-15-21-9-3-4-10-22(21)16-33(31)52(39-50-37(41(43,44)45)49-38(51-39)42(46,47)48)34-20-36-30(18-32(34)40)29-17-27-25-13-7-5-11-23(25)24-12-6-8-14-26(24)28(27)19-35(29)53-36/h3-20H,1-2H3. The molecule has 0 unspecified atom stereocenters. The Labute approximate surface area is 301 Å². The molecule has 0 N–H and O–H groups in total. The normalized spacial score (nSPS) is 14.5. The lowest BCUT2D eigenvalue weighted by Gasteiger charge is -2.41. The molecule has 0 fully saturated rings. The Morgan fingerprint density at radius 2 is 0.943 bits per heavy atom. The van der Waals surface area contributed by atoms with Crippen LogP contribution in [0.1, 0.15) is 36.6 Å². The van der Waals surface area contributed by atoms with E-state index in [0.29, 0.717) is 22.5 Å². The van der Waals surface area contributed by atoms with Crippen molar-refractivity contribution >= 4 is 91.9 Å². The molecule has 0 saturated carbocycles. The molecule has 0 atom stereocenters. The summed E-state index contributed by atoms with van der Waals surface area (Å²) in [5.41, 5.74) is 1.45. The maximum Gasteiger partial charge on any atom is 0.451 e. The maximum atomic E-state index is 14.1. The van der Waals surface area contributed by atoms with Crippen molar-refractivity contribution in [2.45, 2.75) is 31.6 Å². The van der Waals surface area contributed by atoms with Crippen LogP contribution in [0.25, 0.3) is 63.3 Å². The number of aromatic nitrogens is 3. The fourth-order valence-electron chi connectivity index (χ4n) is 8.02. The first kappa shape index (κ1) is 31.9. The minimum atomic E-state index is -5.26. The average molecular weight is 731 g/mol. The lowest BCUT2D eigenvalue weighted by molar-refractivity contribution is -0.155. The number of rotatable bonds is 1. The van der Waals surface area contributed by atoms with E-state index >= 15 is 0 Å². The molecule has 2 aromatic heterocycles. The van der Waals surface area contributed by atoms with Gasteiger partial charge in [-0.2, -0.15) is 36.3 Å². The first-order valence-electron chi connectivity index (χ1n) is 16.8. The van der Waals surface area contributed by atoms with E-state index in [-0.39, 0.29) is 0 Å². The molecule has 1 aliphatic rings. The van der Waals surface area contributed by atoms with Gasteiger partial charge in [0.05, 0.1) is 11.4 Å². The highest BCUT2D eigenvalue weighted by Crippen LogP contribution is 2.55. The Kier molecular flexibility index (Phi) is 6.40. The fourth-order valence-corrected chi connectivity index (χ4v) is 9.16. The number of nitrogens with zero attached hydrogens (tertiary/aromatic N) is 4. The molecule has 53 heavy (non-hydrogen) atoms. The Bertz CT molecular complexity index is 3000. The quantitative estimate of drug-likeness (QED) is 0.125. The van der Waals surface area contributed by atoms with E-state index < -0.39 is 35.4 Å². The van der Waals surface area contributed by atoms with Crippen LogP contribution in [-0.4, -0.2) is 15.0 Å². The molecule has 0 spiro atoms. The van der Waals surface area contributed by atoms with E-state index in [1.807, 2.05) is 80.6 Å². The third-order valence-electron chi connectivity index (χ3n) is 10.5. The van der Waals surface area contributed by atoms with E-state index in [1.165, 1.54) is 16.2 Å². The van der Waals surface area contributed by atoms with Gasteiger partial charge in [0.25, 0.3) is 0 Å². The fraction of sp³-hybridized carbons (Fsp3) is 0.119. The SMILES string of the molecule is CC1(C)c2cc3ccccc3cc2N(c2nc(C(F)(F)F)nc(C(F)(F)F)n2)c2cc3sc4cc5c6ccccc6c6ccccc6c5cc4c3cc21. The Balaban J connectivity index is 1.31. The van der Waals surface area contributed by atoms with Gasteiger partial charge in [0.2, 0.25) is 17.6 Å². The minimum Gasteiger partial charge on any atom is -0.278 e. The van der Waals surface area contributed by atoms with Gasteiger partial charge in [0, 0.05) is 25.6 Å². The largest absolute Gasteiger partial charge is 0.451 e. The smallest absolute Gasteiger partial charge is 0.278 e. The molecule has 4 nitrogen and oxygen atoms in total. The lowest BCUT2D eigenvalue weighted by Crippen LogP contribution is -2.32. The average Bonchev–Trinajstić information content (AvgIpc) is 3.49. The van der Waals surface area contributed by atoms with Crippen molar-refractivity contribution in [1.29, 1.82) is 0 Å². The number of halogens is 6. The number of hydrogen-bond donors (Lipinski definition) is 0. The maximum absolute atomic E-state index is 14.1. The van der Waals surface area contributed by atoms with Crippen LogP contribution in [0.15, 0.2) is 109 Å². The summed E-state index contributed by atoms with van der Waals surface area (Å²) in [4.78, 5) is 11.5. The van der Waals surface area contributed by atoms with E-state index in [0.717, 1.165) is 63.3 Å². The van der Waals surface area contributed by atoms with Crippen LogP contribution in [0.2, 0.25) is 0 Å². The van der Waals surface area contributed by atoms with Crippen LogP contribution < -0.4 is 4.90 Å². The van der Waals surface area contributed by atoms with Crippen LogP contribution in [0, 0.1) is 0 Å². The van der Waals surface area contributed by atoms with Gasteiger partial charge in [-0.25, -0.2) is 4.98 Å². The molecule has 0 saturated heterocycles. The number of thiophene rings is 1. The first-order chi connectivity index (χ1) is 25.3. The highest BCUT2D eigenvalue weighted by molar-refractivity contribution is 7.26. The zero-order valence-electron chi connectivity index (χ0n) is 27.9. The molecular formula is C42H24F6N4S.